The number of phosphoric ester groups is 1. The average molecular weight is 787 g/mol. The highest BCUT2D eigenvalue weighted by molar-refractivity contribution is 7.48. The number of rotatable bonds is 14. The number of hydrogen-bond donors (Lipinski definition) is 2. The second-order valence-electron chi connectivity index (χ2n) is 13.8. The molecule has 2 saturated heterocycles. The molecule has 23 heteroatoms. The molecular weight excluding hydrogens is 747 g/mol. The van der Waals surface area contributed by atoms with E-state index in [9.17, 15) is 39.6 Å². The predicted molar refractivity (Wildman–Crippen MR) is 191 cm³/mol. The van der Waals surface area contributed by atoms with E-state index in [1.807, 2.05) is 0 Å². The van der Waals surface area contributed by atoms with E-state index in [2.05, 4.69) is 30.0 Å². The van der Waals surface area contributed by atoms with Crippen molar-refractivity contribution in [3.63, 3.8) is 0 Å². The van der Waals surface area contributed by atoms with Gasteiger partial charge in [0.05, 0.1) is 49.5 Å². The van der Waals surface area contributed by atoms with Crippen molar-refractivity contribution in [2.45, 2.75) is 90.8 Å². The number of phosphoric acid groups is 1. The number of azide groups is 2. The van der Waals surface area contributed by atoms with E-state index in [1.165, 1.54) is 38.4 Å². The number of aryl methyl sites for hydroxylation is 2. The molecule has 1 aromatic carbocycles. The number of carbonyl (C=O) groups excluding carboxylic acids is 1. The summed E-state index contributed by atoms with van der Waals surface area (Å²) in [4.78, 5) is 71.3. The Hall–Kier alpha value is -5.30. The fourth-order valence-electron chi connectivity index (χ4n) is 5.56. The largest absolute Gasteiger partial charge is 0.475 e. The summed E-state index contributed by atoms with van der Waals surface area (Å²) < 4.78 is 51.1. The highest BCUT2D eigenvalue weighted by Gasteiger charge is 2.42. The normalized spacial score (nSPS) is 23.4. The van der Waals surface area contributed by atoms with Gasteiger partial charge in [-0.3, -0.25) is 47.1 Å². The minimum absolute atomic E-state index is 0.00360. The lowest BCUT2D eigenvalue weighted by atomic mass is 9.97. The lowest BCUT2D eigenvalue weighted by Gasteiger charge is -2.23. The number of aromatic amines is 2. The van der Waals surface area contributed by atoms with Gasteiger partial charge >= 0.3 is 25.2 Å². The zero-order valence-corrected chi connectivity index (χ0v) is 31.3. The molecule has 0 bridgehead atoms. The fraction of sp³-hybridized carbons (Fsp3) is 0.531. The molecule has 0 aliphatic carbocycles. The van der Waals surface area contributed by atoms with Crippen molar-refractivity contribution >= 4 is 13.8 Å². The minimum Gasteiger partial charge on any atom is -0.426 e. The SMILES string of the molecule is Cc1cn([C@@H]2C[C@@H](N=[N+]=[N-])[C@H](COP(=O)(OCc3ccc(OC(=O)C(C)(C)C)cc3)OC[C@H]3O[C@@H](n4cc(C)c(=O)[nH]c4=O)C[C@@H]3N=[N+]=[N-])O2)c(=O)[nH]c1=O. The van der Waals surface area contributed by atoms with Crippen LogP contribution in [-0.2, 0) is 39.0 Å². The first kappa shape index (κ1) is 40.9. The van der Waals surface area contributed by atoms with Crippen LogP contribution in [0.15, 0.2) is 66.1 Å². The van der Waals surface area contributed by atoms with Crippen molar-refractivity contribution in [2.75, 3.05) is 13.2 Å². The van der Waals surface area contributed by atoms with Gasteiger partial charge in [0.1, 0.15) is 18.2 Å². The third-order valence-corrected chi connectivity index (χ3v) is 10.0. The number of esters is 1. The van der Waals surface area contributed by atoms with Crippen LogP contribution in [0.2, 0.25) is 0 Å². The molecule has 5 rings (SSSR count). The van der Waals surface area contributed by atoms with E-state index in [4.69, 9.17) is 27.8 Å². The van der Waals surface area contributed by atoms with E-state index < -0.39 is 91.7 Å². The summed E-state index contributed by atoms with van der Waals surface area (Å²) in [6, 6.07) is 4.33. The van der Waals surface area contributed by atoms with Crippen LogP contribution in [0.5, 0.6) is 5.75 Å². The Morgan fingerprint density at radius 2 is 1.29 bits per heavy atom. The van der Waals surface area contributed by atoms with Gasteiger partial charge < -0.3 is 14.2 Å². The lowest BCUT2D eigenvalue weighted by Crippen LogP contribution is -2.33. The molecule has 2 aliphatic rings. The van der Waals surface area contributed by atoms with Gasteiger partial charge in [0.25, 0.3) is 11.1 Å². The van der Waals surface area contributed by atoms with Gasteiger partial charge in [0.15, 0.2) is 0 Å². The number of hydrogen-bond acceptors (Lipinski definition) is 14. The summed E-state index contributed by atoms with van der Waals surface area (Å²) >= 11 is 0. The smallest absolute Gasteiger partial charge is 0.426 e. The summed E-state index contributed by atoms with van der Waals surface area (Å²) in [5.74, 6) is -0.184. The molecule has 2 aromatic heterocycles. The van der Waals surface area contributed by atoms with Gasteiger partial charge in [-0.2, -0.15) is 0 Å². The van der Waals surface area contributed by atoms with Crippen molar-refractivity contribution in [1.29, 1.82) is 0 Å². The van der Waals surface area contributed by atoms with Crippen LogP contribution in [0.25, 0.3) is 20.9 Å². The van der Waals surface area contributed by atoms with Crippen molar-refractivity contribution in [1.82, 2.24) is 19.1 Å². The summed E-state index contributed by atoms with van der Waals surface area (Å²) in [6.45, 7) is 6.71. The molecule has 0 radical (unpaired) electrons. The molecule has 294 valence electrons. The fourth-order valence-corrected chi connectivity index (χ4v) is 6.75. The molecule has 1 unspecified atom stereocenters. The molecular formula is C32H39N10O12P. The molecule has 0 saturated carbocycles. The number of carbonyl (C=O) groups is 1. The first-order valence-corrected chi connectivity index (χ1v) is 18.3. The van der Waals surface area contributed by atoms with E-state index in [0.29, 0.717) is 5.56 Å². The van der Waals surface area contributed by atoms with Crippen LogP contribution < -0.4 is 27.2 Å². The topological polar surface area (TPSA) is 297 Å². The maximum Gasteiger partial charge on any atom is 0.475 e. The Morgan fingerprint density at radius 1 is 0.836 bits per heavy atom. The number of ether oxygens (including phenoxy) is 3. The molecule has 0 amide bonds. The Balaban J connectivity index is 1.35. The number of aromatic nitrogens is 4. The number of H-pyrrole nitrogens is 2. The van der Waals surface area contributed by atoms with Gasteiger partial charge in [0.2, 0.25) is 0 Å². The second-order valence-corrected chi connectivity index (χ2v) is 15.5. The summed E-state index contributed by atoms with van der Waals surface area (Å²) in [6.07, 6.45) is -1.54. The van der Waals surface area contributed by atoms with Gasteiger partial charge in [-0.15, -0.1) is 0 Å². The number of nitrogens with one attached hydrogen (secondary N) is 2. The molecule has 22 nitrogen and oxygen atoms in total. The monoisotopic (exact) mass is 786 g/mol. The Kier molecular flexibility index (Phi) is 12.6. The van der Waals surface area contributed by atoms with Crippen LogP contribution in [0.4, 0.5) is 0 Å². The third-order valence-electron chi connectivity index (χ3n) is 8.65. The molecule has 7 atom stereocenters. The van der Waals surface area contributed by atoms with E-state index in [0.717, 1.165) is 9.13 Å². The zero-order valence-electron chi connectivity index (χ0n) is 30.4. The van der Waals surface area contributed by atoms with Crippen molar-refractivity contribution in [2.24, 2.45) is 15.6 Å². The molecule has 2 aliphatic heterocycles. The summed E-state index contributed by atoms with van der Waals surface area (Å²) in [5, 5.41) is 7.50. The molecule has 0 spiro atoms. The van der Waals surface area contributed by atoms with Gasteiger partial charge in [-0.25, -0.2) is 14.2 Å². The van der Waals surface area contributed by atoms with E-state index in [-0.39, 0.29) is 36.3 Å². The highest BCUT2D eigenvalue weighted by atomic mass is 31.2. The average Bonchev–Trinajstić information content (AvgIpc) is 3.73. The van der Waals surface area contributed by atoms with E-state index >= 15 is 0 Å². The summed E-state index contributed by atoms with van der Waals surface area (Å²) in [7, 11) is -4.62. The van der Waals surface area contributed by atoms with Gasteiger partial charge in [-0.1, -0.05) is 22.4 Å². The van der Waals surface area contributed by atoms with Crippen LogP contribution >= 0.6 is 7.82 Å². The molecule has 55 heavy (non-hydrogen) atoms. The Morgan fingerprint density at radius 3 is 1.71 bits per heavy atom. The van der Waals surface area contributed by atoms with Gasteiger partial charge in [-0.05, 0) is 63.4 Å². The van der Waals surface area contributed by atoms with Crippen LogP contribution in [0.1, 0.15) is 62.8 Å². The molecule has 2 fully saturated rings. The third kappa shape index (κ3) is 10.1. The first-order chi connectivity index (χ1) is 26.0. The summed E-state index contributed by atoms with van der Waals surface area (Å²) in [5.41, 5.74) is 16.0. The highest BCUT2D eigenvalue weighted by Crippen LogP contribution is 2.52. The van der Waals surface area contributed by atoms with E-state index in [1.54, 1.807) is 32.9 Å². The second kappa shape index (κ2) is 17.0. The minimum atomic E-state index is -4.62. The quantitative estimate of drug-likeness (QED) is 0.0586. The number of benzene rings is 1. The molecule has 2 N–H and O–H groups in total. The van der Waals surface area contributed by atoms with Crippen molar-refractivity contribution in [3.05, 3.63) is 116 Å². The first-order valence-electron chi connectivity index (χ1n) is 16.9. The molecule has 4 heterocycles. The maximum atomic E-state index is 14.3. The predicted octanol–water partition coefficient (Wildman–Crippen LogP) is 3.95. The van der Waals surface area contributed by atoms with Crippen LogP contribution in [0.3, 0.4) is 0 Å². The van der Waals surface area contributed by atoms with Crippen molar-refractivity contribution in [3.8, 4) is 5.75 Å². The Bertz CT molecular complexity index is 2170. The Labute approximate surface area is 311 Å². The standard InChI is InChI=1S/C32H39N10O12P/c1-17-12-41(30(46)35-27(17)43)25-10-21(37-39-33)23(53-25)15-50-55(48,49-14-19-6-8-20(9-7-19)52-29(45)32(3,4)5)51-16-24-22(38-40-34)11-26(54-24)42-13-18(2)28(44)36-31(42)47/h6-9,12-13,21-26H,10-11,14-16H2,1-5H3,(H,35,43,46)(H,36,44,47)/t21-,22+,23+,24-,25+,26-,55?. The molecule has 3 aromatic rings. The van der Waals surface area contributed by atoms with Gasteiger partial charge in [0, 0.05) is 46.2 Å². The lowest BCUT2D eigenvalue weighted by molar-refractivity contribution is -0.143. The maximum absolute atomic E-state index is 14.3. The van der Waals surface area contributed by atoms with Crippen LogP contribution in [-0.4, -0.2) is 62.6 Å². The number of nitrogens with zero attached hydrogens (tertiary/aromatic N) is 8. The van der Waals surface area contributed by atoms with Crippen LogP contribution in [0, 0.1) is 19.3 Å². The van der Waals surface area contributed by atoms with Crippen molar-refractivity contribution < 1.29 is 37.1 Å². The zero-order chi connectivity index (χ0) is 40.1.